The van der Waals surface area contributed by atoms with Gasteiger partial charge < -0.3 is 6.42 Å². The minimum atomic E-state index is 0. The molecule has 0 amide bonds. The molecule has 0 aliphatic heterocycles. The van der Waals surface area contributed by atoms with E-state index in [0.717, 1.165) is 5.92 Å². The average Bonchev–Trinajstić information content (AvgIpc) is 1.90. The molecular formula is C8H15Li2+. The van der Waals surface area contributed by atoms with Gasteiger partial charge in [0.2, 0.25) is 0 Å². The molecule has 48 valence electrons. The molecule has 1 rings (SSSR count). The number of hydrogen-bond acceptors (Lipinski definition) is 0. The van der Waals surface area contributed by atoms with Crippen LogP contribution in [0.2, 0.25) is 0 Å². The van der Waals surface area contributed by atoms with Crippen molar-refractivity contribution in [2.45, 2.75) is 39.0 Å². The van der Waals surface area contributed by atoms with Gasteiger partial charge in [0.15, 0.2) is 0 Å². The van der Waals surface area contributed by atoms with Crippen molar-refractivity contribution in [1.82, 2.24) is 0 Å². The fourth-order valence-corrected chi connectivity index (χ4v) is 1.39. The third kappa shape index (κ3) is 4.93. The molecule has 0 bridgehead atoms. The second-order valence-corrected chi connectivity index (χ2v) is 2.73. The van der Waals surface area contributed by atoms with Crippen LogP contribution in [0.3, 0.4) is 0 Å². The van der Waals surface area contributed by atoms with Gasteiger partial charge in [0.05, 0.1) is 0 Å². The van der Waals surface area contributed by atoms with Crippen LogP contribution in [0.1, 0.15) is 39.0 Å². The summed E-state index contributed by atoms with van der Waals surface area (Å²) in [4.78, 5) is 0. The van der Waals surface area contributed by atoms with Crippen molar-refractivity contribution in [3.05, 3.63) is 6.42 Å². The Labute approximate surface area is 88.9 Å². The summed E-state index contributed by atoms with van der Waals surface area (Å²) in [6.07, 6.45) is 9.51. The van der Waals surface area contributed by atoms with Gasteiger partial charge in [0.1, 0.15) is 0 Å². The SMILES string of the molecule is CCC1C[CH-]CCC1.[Li+].[Li+]. The summed E-state index contributed by atoms with van der Waals surface area (Å²) in [6, 6.07) is 0. The van der Waals surface area contributed by atoms with Crippen LogP contribution in [0.15, 0.2) is 0 Å². The van der Waals surface area contributed by atoms with Crippen molar-refractivity contribution in [3.8, 4) is 0 Å². The quantitative estimate of drug-likeness (QED) is 0.256. The molecule has 1 aliphatic carbocycles. The smallest absolute Gasteiger partial charge is 0.328 e. The summed E-state index contributed by atoms with van der Waals surface area (Å²) >= 11 is 0. The van der Waals surface area contributed by atoms with Crippen LogP contribution in [-0.4, -0.2) is 0 Å². The van der Waals surface area contributed by atoms with Gasteiger partial charge in [-0.1, -0.05) is 32.1 Å². The van der Waals surface area contributed by atoms with Gasteiger partial charge in [-0.15, -0.1) is 0 Å². The van der Waals surface area contributed by atoms with Gasteiger partial charge in [-0.3, -0.25) is 0 Å². The molecule has 0 saturated heterocycles. The van der Waals surface area contributed by atoms with Crippen molar-refractivity contribution in [2.75, 3.05) is 0 Å². The summed E-state index contributed by atoms with van der Waals surface area (Å²) in [5.41, 5.74) is 0. The maximum atomic E-state index is 2.44. The molecule has 0 N–H and O–H groups in total. The molecule has 0 aromatic heterocycles. The fraction of sp³-hybridized carbons (Fsp3) is 0.875. The number of rotatable bonds is 1. The van der Waals surface area contributed by atoms with Crippen molar-refractivity contribution >= 4 is 0 Å². The van der Waals surface area contributed by atoms with Gasteiger partial charge in [0.25, 0.3) is 0 Å². The van der Waals surface area contributed by atoms with E-state index in [0.29, 0.717) is 0 Å². The summed E-state index contributed by atoms with van der Waals surface area (Å²) in [5, 5.41) is 0. The van der Waals surface area contributed by atoms with Gasteiger partial charge in [0, 0.05) is 0 Å². The molecule has 1 unspecified atom stereocenters. The van der Waals surface area contributed by atoms with Crippen molar-refractivity contribution in [3.63, 3.8) is 0 Å². The van der Waals surface area contributed by atoms with E-state index in [9.17, 15) is 0 Å². The Morgan fingerprint density at radius 3 is 2.40 bits per heavy atom. The second-order valence-electron chi connectivity index (χ2n) is 2.73. The summed E-state index contributed by atoms with van der Waals surface area (Å²) < 4.78 is 0. The van der Waals surface area contributed by atoms with Crippen LogP contribution in [-0.2, 0) is 0 Å². The first-order valence-corrected chi connectivity index (χ1v) is 3.75. The minimum absolute atomic E-state index is 0. The van der Waals surface area contributed by atoms with E-state index in [2.05, 4.69) is 13.3 Å². The summed E-state index contributed by atoms with van der Waals surface area (Å²) in [7, 11) is 0. The molecule has 10 heavy (non-hydrogen) atoms. The standard InChI is InChI=1S/C8H15.2Li/c1-2-8-6-4-3-5-7-8;;/h4,8H,2-3,5-7H2,1H3;;/q-1;2*+1. The zero-order valence-electron chi connectivity index (χ0n) is 7.69. The normalized spacial score (nSPS) is 24.3. The molecular weight excluding hydrogens is 110 g/mol. The monoisotopic (exact) mass is 125 g/mol. The molecule has 1 atom stereocenters. The third-order valence-corrected chi connectivity index (χ3v) is 2.10. The Morgan fingerprint density at radius 1 is 1.40 bits per heavy atom. The zero-order valence-corrected chi connectivity index (χ0v) is 7.69. The van der Waals surface area contributed by atoms with Crippen LogP contribution in [0, 0.1) is 12.3 Å². The molecule has 2 heteroatoms. The molecule has 1 fully saturated rings. The number of hydrogen-bond donors (Lipinski definition) is 0. The molecule has 0 heterocycles. The van der Waals surface area contributed by atoms with Crippen LogP contribution >= 0.6 is 0 Å². The first-order valence-electron chi connectivity index (χ1n) is 3.75. The molecule has 1 saturated carbocycles. The molecule has 0 spiro atoms. The molecule has 0 radical (unpaired) electrons. The van der Waals surface area contributed by atoms with Crippen LogP contribution in [0.25, 0.3) is 0 Å². The van der Waals surface area contributed by atoms with Gasteiger partial charge in [-0.25, -0.2) is 0 Å². The van der Waals surface area contributed by atoms with Crippen molar-refractivity contribution in [1.29, 1.82) is 0 Å². The van der Waals surface area contributed by atoms with Crippen LogP contribution < -0.4 is 37.7 Å². The topological polar surface area (TPSA) is 0 Å². The van der Waals surface area contributed by atoms with E-state index in [1.165, 1.54) is 32.1 Å². The summed E-state index contributed by atoms with van der Waals surface area (Å²) in [6.45, 7) is 2.30. The second kappa shape index (κ2) is 8.29. The maximum absolute atomic E-state index is 2.44. The Bertz CT molecular complexity index is 58.3. The first-order chi connectivity index (χ1) is 3.93. The maximum Gasteiger partial charge on any atom is 1.00 e. The first kappa shape index (κ1) is 13.8. The Balaban J connectivity index is 0. The van der Waals surface area contributed by atoms with Crippen molar-refractivity contribution in [2.24, 2.45) is 5.92 Å². The van der Waals surface area contributed by atoms with Gasteiger partial charge >= 0.3 is 37.7 Å². The average molecular weight is 125 g/mol. The Morgan fingerprint density at radius 2 is 2.10 bits per heavy atom. The van der Waals surface area contributed by atoms with E-state index >= 15 is 0 Å². The van der Waals surface area contributed by atoms with E-state index < -0.39 is 0 Å². The Kier molecular flexibility index (Phi) is 11.4. The van der Waals surface area contributed by atoms with E-state index in [1.54, 1.807) is 0 Å². The fourth-order valence-electron chi connectivity index (χ4n) is 1.39. The molecule has 0 aromatic carbocycles. The van der Waals surface area contributed by atoms with Gasteiger partial charge in [-0.2, -0.15) is 12.8 Å². The van der Waals surface area contributed by atoms with Gasteiger partial charge in [-0.05, 0) is 0 Å². The predicted molar refractivity (Wildman–Crippen MR) is 36.5 cm³/mol. The van der Waals surface area contributed by atoms with Crippen LogP contribution in [0.5, 0.6) is 0 Å². The largest absolute Gasteiger partial charge is 1.00 e. The third-order valence-electron chi connectivity index (χ3n) is 2.10. The van der Waals surface area contributed by atoms with E-state index in [1.807, 2.05) is 0 Å². The molecule has 0 aromatic rings. The van der Waals surface area contributed by atoms with Crippen molar-refractivity contribution < 1.29 is 37.7 Å². The Hall–Kier alpha value is 1.19. The predicted octanol–water partition coefficient (Wildman–Crippen LogP) is -3.20. The minimum Gasteiger partial charge on any atom is -0.328 e. The van der Waals surface area contributed by atoms with Crippen LogP contribution in [0.4, 0.5) is 0 Å². The summed E-state index contributed by atoms with van der Waals surface area (Å²) in [5.74, 6) is 1.03. The van der Waals surface area contributed by atoms with E-state index in [4.69, 9.17) is 0 Å². The van der Waals surface area contributed by atoms with E-state index in [-0.39, 0.29) is 37.7 Å². The molecule has 0 nitrogen and oxygen atoms in total. The molecule has 1 aliphatic rings. The zero-order chi connectivity index (χ0) is 5.82.